The van der Waals surface area contributed by atoms with Crippen LogP contribution in [0, 0.1) is 12.7 Å². The first kappa shape index (κ1) is 17.1. The van der Waals surface area contributed by atoms with E-state index in [1.807, 2.05) is 0 Å². The first-order valence-electron chi connectivity index (χ1n) is 7.73. The van der Waals surface area contributed by atoms with Crippen molar-refractivity contribution in [3.8, 4) is 17.3 Å². The largest absolute Gasteiger partial charge is 0.481 e. The highest BCUT2D eigenvalue weighted by Gasteiger charge is 2.32. The molecule has 6 nitrogen and oxygen atoms in total. The number of fused-ring (bicyclic) bond motifs is 3. The molecule has 4 rings (SSSR count). The predicted molar refractivity (Wildman–Crippen MR) is 87.8 cm³/mol. The van der Waals surface area contributed by atoms with Crippen LogP contribution in [0.15, 0.2) is 30.3 Å². The number of pyridine rings is 1. The highest BCUT2D eigenvalue weighted by Crippen LogP contribution is 2.34. The van der Waals surface area contributed by atoms with Crippen LogP contribution in [-0.4, -0.2) is 31.7 Å². The van der Waals surface area contributed by atoms with Gasteiger partial charge >= 0.3 is 6.18 Å². The van der Waals surface area contributed by atoms with Gasteiger partial charge in [-0.1, -0.05) is 0 Å². The summed E-state index contributed by atoms with van der Waals surface area (Å²) < 4.78 is 60.1. The Balaban J connectivity index is 2.10. The lowest BCUT2D eigenvalue weighted by Crippen LogP contribution is -2.06. The number of hydrogen-bond acceptors (Lipinski definition) is 5. The Morgan fingerprint density at radius 1 is 1.00 bits per heavy atom. The number of aromatic nitrogens is 5. The molecule has 0 saturated carbocycles. The molecule has 27 heavy (non-hydrogen) atoms. The van der Waals surface area contributed by atoms with Gasteiger partial charge in [0, 0.05) is 6.07 Å². The molecule has 0 unspecified atom stereocenters. The van der Waals surface area contributed by atoms with Crippen molar-refractivity contribution in [3.05, 3.63) is 47.4 Å². The van der Waals surface area contributed by atoms with Crippen molar-refractivity contribution in [3.63, 3.8) is 0 Å². The summed E-state index contributed by atoms with van der Waals surface area (Å²) in [7, 11) is 1.42. The lowest BCUT2D eigenvalue weighted by atomic mass is 10.1. The summed E-state index contributed by atoms with van der Waals surface area (Å²) in [6.45, 7) is 1.60. The Hall–Kier alpha value is -3.30. The van der Waals surface area contributed by atoms with E-state index in [4.69, 9.17) is 4.74 Å². The van der Waals surface area contributed by atoms with Crippen LogP contribution in [0.2, 0.25) is 0 Å². The summed E-state index contributed by atoms with van der Waals surface area (Å²) in [6, 6.07) is 5.32. The maximum Gasteiger partial charge on any atom is 0.416 e. The van der Waals surface area contributed by atoms with Crippen molar-refractivity contribution in [2.45, 2.75) is 13.1 Å². The van der Waals surface area contributed by atoms with Gasteiger partial charge in [-0.3, -0.25) is 4.40 Å². The highest BCUT2D eigenvalue weighted by atomic mass is 19.4. The SMILES string of the molecule is COc1ccc2nnc3c(C)nc(-c4cc(C(F)(F)F)ccc4F)n3c2n1. The minimum Gasteiger partial charge on any atom is -0.481 e. The zero-order chi connectivity index (χ0) is 19.3. The second-order valence-electron chi connectivity index (χ2n) is 5.77. The molecule has 3 aromatic heterocycles. The summed E-state index contributed by atoms with van der Waals surface area (Å²) in [4.78, 5) is 8.50. The lowest BCUT2D eigenvalue weighted by molar-refractivity contribution is -0.137. The van der Waals surface area contributed by atoms with Gasteiger partial charge in [0.25, 0.3) is 0 Å². The van der Waals surface area contributed by atoms with E-state index in [1.165, 1.54) is 11.5 Å². The number of rotatable bonds is 2. The molecule has 0 saturated heterocycles. The quantitative estimate of drug-likeness (QED) is 0.497. The number of hydrogen-bond donors (Lipinski definition) is 0. The zero-order valence-corrected chi connectivity index (χ0v) is 14.0. The third-order valence-electron chi connectivity index (χ3n) is 4.06. The van der Waals surface area contributed by atoms with E-state index in [0.29, 0.717) is 17.3 Å². The molecule has 4 aromatic rings. The molecular weight excluding hydrogens is 366 g/mol. The Morgan fingerprint density at radius 3 is 2.48 bits per heavy atom. The lowest BCUT2D eigenvalue weighted by Gasteiger charge is -2.10. The molecule has 0 aliphatic carbocycles. The number of benzene rings is 1. The maximum atomic E-state index is 14.4. The molecule has 0 amide bonds. The summed E-state index contributed by atoms with van der Waals surface area (Å²) >= 11 is 0. The zero-order valence-electron chi connectivity index (χ0n) is 14.0. The van der Waals surface area contributed by atoms with Crippen LogP contribution < -0.4 is 4.74 Å². The molecule has 0 atom stereocenters. The molecule has 0 radical (unpaired) electrons. The average molecular weight is 377 g/mol. The van der Waals surface area contributed by atoms with E-state index in [2.05, 4.69) is 20.2 Å². The Bertz CT molecular complexity index is 1190. The van der Waals surface area contributed by atoms with Crippen LogP contribution in [0.25, 0.3) is 28.2 Å². The van der Waals surface area contributed by atoms with Crippen molar-refractivity contribution >= 4 is 16.8 Å². The van der Waals surface area contributed by atoms with Crippen molar-refractivity contribution in [1.29, 1.82) is 0 Å². The molecule has 0 fully saturated rings. The van der Waals surface area contributed by atoms with Crippen molar-refractivity contribution in [1.82, 2.24) is 24.6 Å². The molecule has 0 bridgehead atoms. The van der Waals surface area contributed by atoms with Gasteiger partial charge in [0.2, 0.25) is 5.88 Å². The van der Waals surface area contributed by atoms with Crippen LogP contribution in [0.5, 0.6) is 5.88 Å². The van der Waals surface area contributed by atoms with Gasteiger partial charge in [-0.05, 0) is 31.2 Å². The number of methoxy groups -OCH3 is 1. The van der Waals surface area contributed by atoms with Gasteiger partial charge < -0.3 is 4.74 Å². The number of imidazole rings is 1. The molecule has 138 valence electrons. The van der Waals surface area contributed by atoms with Crippen molar-refractivity contribution < 1.29 is 22.3 Å². The third-order valence-corrected chi connectivity index (χ3v) is 4.06. The number of nitrogens with zero attached hydrogens (tertiary/aromatic N) is 5. The molecule has 10 heteroatoms. The topological polar surface area (TPSA) is 65.2 Å². The fourth-order valence-corrected chi connectivity index (χ4v) is 2.77. The van der Waals surface area contributed by atoms with Crippen molar-refractivity contribution in [2.24, 2.45) is 0 Å². The van der Waals surface area contributed by atoms with Crippen LogP contribution in [-0.2, 0) is 6.18 Å². The number of ether oxygens (including phenoxy) is 1. The molecule has 0 N–H and O–H groups in total. The first-order chi connectivity index (χ1) is 12.8. The standard InChI is InChI=1S/C17H11F4N5O/c1-8-14-25-24-12-5-6-13(27-2)23-16(12)26(14)15(22-8)10-7-9(17(19,20)21)3-4-11(10)18/h3-7H,1-2H3. The molecule has 0 spiro atoms. The maximum absolute atomic E-state index is 14.4. The van der Waals surface area contributed by atoms with E-state index >= 15 is 0 Å². The predicted octanol–water partition coefficient (Wildman–Crippen LogP) is 3.81. The smallest absolute Gasteiger partial charge is 0.416 e. The summed E-state index contributed by atoms with van der Waals surface area (Å²) in [6.07, 6.45) is -4.62. The fraction of sp³-hybridized carbons (Fsp3) is 0.176. The van der Waals surface area contributed by atoms with Crippen LogP contribution >= 0.6 is 0 Å². The third kappa shape index (κ3) is 2.73. The van der Waals surface area contributed by atoms with Crippen molar-refractivity contribution in [2.75, 3.05) is 7.11 Å². The summed E-state index contributed by atoms with van der Waals surface area (Å²) in [5.41, 5.74) is -0.0611. The Kier molecular flexibility index (Phi) is 3.72. The first-order valence-corrected chi connectivity index (χ1v) is 7.73. The van der Waals surface area contributed by atoms with Crippen LogP contribution in [0.1, 0.15) is 11.3 Å². The van der Waals surface area contributed by atoms with E-state index in [0.717, 1.165) is 12.1 Å². The average Bonchev–Trinajstić information content (AvgIpc) is 2.97. The number of aryl methyl sites for hydroxylation is 1. The number of alkyl halides is 3. The van der Waals surface area contributed by atoms with E-state index in [1.54, 1.807) is 19.1 Å². The highest BCUT2D eigenvalue weighted by molar-refractivity contribution is 5.78. The number of halogens is 4. The molecule has 0 aliphatic heterocycles. The van der Waals surface area contributed by atoms with Gasteiger partial charge in [0.05, 0.1) is 23.9 Å². The van der Waals surface area contributed by atoms with E-state index in [-0.39, 0.29) is 28.6 Å². The molecular formula is C17H11F4N5O. The normalized spacial score (nSPS) is 12.1. The molecule has 3 heterocycles. The minimum atomic E-state index is -4.62. The molecule has 1 aromatic carbocycles. The van der Waals surface area contributed by atoms with Gasteiger partial charge in [0.1, 0.15) is 11.3 Å². The van der Waals surface area contributed by atoms with Crippen LogP contribution in [0.4, 0.5) is 17.6 Å². The van der Waals surface area contributed by atoms with Gasteiger partial charge in [-0.15, -0.1) is 10.2 Å². The van der Waals surface area contributed by atoms with E-state index < -0.39 is 17.6 Å². The van der Waals surface area contributed by atoms with E-state index in [9.17, 15) is 17.6 Å². The fourth-order valence-electron chi connectivity index (χ4n) is 2.77. The summed E-state index contributed by atoms with van der Waals surface area (Å²) in [5.74, 6) is -0.631. The van der Waals surface area contributed by atoms with Gasteiger partial charge in [-0.25, -0.2) is 9.37 Å². The Morgan fingerprint density at radius 2 is 1.78 bits per heavy atom. The minimum absolute atomic E-state index is 0.0493. The second kappa shape index (κ2) is 5.86. The summed E-state index contributed by atoms with van der Waals surface area (Å²) in [5, 5.41) is 8.07. The molecule has 0 aliphatic rings. The van der Waals surface area contributed by atoms with Crippen LogP contribution in [0.3, 0.4) is 0 Å². The second-order valence-corrected chi connectivity index (χ2v) is 5.77. The monoisotopic (exact) mass is 377 g/mol. The van der Waals surface area contributed by atoms with Gasteiger partial charge in [-0.2, -0.15) is 18.2 Å². The Labute approximate surface area is 149 Å². The van der Waals surface area contributed by atoms with Gasteiger partial charge in [0.15, 0.2) is 17.1 Å².